The van der Waals surface area contributed by atoms with Gasteiger partial charge in [-0.2, -0.15) is 0 Å². The second-order valence-corrected chi connectivity index (χ2v) is 8.73. The molecule has 1 aromatic heterocycles. The third-order valence-corrected chi connectivity index (χ3v) is 5.16. The predicted octanol–water partition coefficient (Wildman–Crippen LogP) is 4.31. The Bertz CT molecular complexity index is 1100. The molecule has 0 aliphatic rings. The Hall–Kier alpha value is -3.25. The molecular weight excluding hydrogens is 390 g/mol. The summed E-state index contributed by atoms with van der Waals surface area (Å²) >= 11 is 0. The zero-order valence-corrected chi connectivity index (χ0v) is 18.4. The molecule has 3 N–H and O–H groups in total. The van der Waals surface area contributed by atoms with Crippen molar-refractivity contribution in [3.8, 4) is 0 Å². The fourth-order valence-corrected chi connectivity index (χ4v) is 3.29. The van der Waals surface area contributed by atoms with E-state index in [1.54, 1.807) is 12.4 Å². The SMILES string of the molecule is Cc1ccc(COC(=O)C(C)(C)C)cc1C(CN)C(=O)Nc1ccc2cnccc2c1. The third-order valence-electron chi connectivity index (χ3n) is 5.16. The molecule has 31 heavy (non-hydrogen) atoms. The highest BCUT2D eigenvalue weighted by Crippen LogP contribution is 2.25. The lowest BCUT2D eigenvalue weighted by Gasteiger charge is -2.20. The van der Waals surface area contributed by atoms with E-state index in [0.717, 1.165) is 27.5 Å². The molecule has 0 aliphatic heterocycles. The summed E-state index contributed by atoms with van der Waals surface area (Å²) in [5, 5.41) is 4.98. The number of carbonyl (C=O) groups is 2. The molecule has 0 spiro atoms. The van der Waals surface area contributed by atoms with Crippen LogP contribution in [0.3, 0.4) is 0 Å². The van der Waals surface area contributed by atoms with Crippen LogP contribution in [-0.4, -0.2) is 23.4 Å². The molecule has 6 heteroatoms. The van der Waals surface area contributed by atoms with Crippen molar-refractivity contribution in [1.29, 1.82) is 0 Å². The summed E-state index contributed by atoms with van der Waals surface area (Å²) in [6.07, 6.45) is 3.50. The maximum atomic E-state index is 13.1. The number of pyridine rings is 1. The Labute approximate surface area is 182 Å². The zero-order chi connectivity index (χ0) is 22.6. The second kappa shape index (κ2) is 9.27. The van der Waals surface area contributed by atoms with Gasteiger partial charge in [0, 0.05) is 30.0 Å². The minimum absolute atomic E-state index is 0.154. The number of fused-ring (bicyclic) bond motifs is 1. The fourth-order valence-electron chi connectivity index (χ4n) is 3.29. The van der Waals surface area contributed by atoms with Crippen LogP contribution in [0.1, 0.15) is 43.4 Å². The molecule has 3 aromatic rings. The van der Waals surface area contributed by atoms with Gasteiger partial charge >= 0.3 is 5.97 Å². The molecule has 162 valence electrons. The smallest absolute Gasteiger partial charge is 0.311 e. The van der Waals surface area contributed by atoms with Crippen LogP contribution in [0.5, 0.6) is 0 Å². The van der Waals surface area contributed by atoms with E-state index >= 15 is 0 Å². The summed E-state index contributed by atoms with van der Waals surface area (Å²) in [4.78, 5) is 29.2. The number of aromatic nitrogens is 1. The van der Waals surface area contributed by atoms with Gasteiger partial charge in [0.15, 0.2) is 0 Å². The van der Waals surface area contributed by atoms with Gasteiger partial charge in [0.2, 0.25) is 5.91 Å². The van der Waals surface area contributed by atoms with Crippen LogP contribution in [0.15, 0.2) is 54.9 Å². The number of carbonyl (C=O) groups excluding carboxylic acids is 2. The van der Waals surface area contributed by atoms with Crippen LogP contribution in [-0.2, 0) is 20.9 Å². The van der Waals surface area contributed by atoms with Gasteiger partial charge in [-0.05, 0) is 68.0 Å². The molecule has 1 amide bonds. The number of hydrogen-bond donors (Lipinski definition) is 2. The van der Waals surface area contributed by atoms with E-state index in [1.165, 1.54) is 0 Å². The van der Waals surface area contributed by atoms with Gasteiger partial charge in [-0.1, -0.05) is 24.3 Å². The van der Waals surface area contributed by atoms with Gasteiger partial charge in [0.25, 0.3) is 0 Å². The number of hydrogen-bond acceptors (Lipinski definition) is 5. The van der Waals surface area contributed by atoms with Crippen LogP contribution < -0.4 is 11.1 Å². The van der Waals surface area contributed by atoms with Crippen molar-refractivity contribution in [3.63, 3.8) is 0 Å². The summed E-state index contributed by atoms with van der Waals surface area (Å²) < 4.78 is 5.42. The Kier molecular flexibility index (Phi) is 6.71. The Morgan fingerprint density at radius 3 is 2.58 bits per heavy atom. The summed E-state index contributed by atoms with van der Waals surface area (Å²) in [6.45, 7) is 7.70. The first-order valence-electron chi connectivity index (χ1n) is 10.3. The molecule has 1 atom stereocenters. The topological polar surface area (TPSA) is 94.3 Å². The molecule has 0 radical (unpaired) electrons. The number of benzene rings is 2. The van der Waals surface area contributed by atoms with E-state index in [2.05, 4.69) is 10.3 Å². The van der Waals surface area contributed by atoms with Crippen LogP contribution in [0.4, 0.5) is 5.69 Å². The quantitative estimate of drug-likeness (QED) is 0.581. The maximum absolute atomic E-state index is 13.1. The van der Waals surface area contributed by atoms with E-state index in [9.17, 15) is 9.59 Å². The number of anilines is 1. The lowest BCUT2D eigenvalue weighted by molar-refractivity contribution is -0.154. The number of nitrogens with two attached hydrogens (primary N) is 1. The van der Waals surface area contributed by atoms with Gasteiger partial charge in [0.05, 0.1) is 11.3 Å². The second-order valence-electron chi connectivity index (χ2n) is 8.73. The van der Waals surface area contributed by atoms with Crippen molar-refractivity contribution in [1.82, 2.24) is 4.98 Å². The molecule has 3 rings (SSSR count). The number of ether oxygens (including phenoxy) is 1. The van der Waals surface area contributed by atoms with E-state index in [1.807, 2.05) is 70.2 Å². The number of aryl methyl sites for hydroxylation is 1. The number of esters is 1. The highest BCUT2D eigenvalue weighted by Gasteiger charge is 2.24. The van der Waals surface area contributed by atoms with Crippen molar-refractivity contribution in [2.45, 2.75) is 40.2 Å². The standard InChI is InChI=1S/C25H29N3O3/c1-16-5-6-17(15-31-24(30)25(2,3)4)11-21(16)22(13-26)23(29)28-20-8-7-19-14-27-10-9-18(19)12-20/h5-12,14,22H,13,15,26H2,1-4H3,(H,28,29). The van der Waals surface area contributed by atoms with E-state index in [-0.39, 0.29) is 25.0 Å². The summed E-state index contributed by atoms with van der Waals surface area (Å²) in [5.41, 5.74) is 8.74. The van der Waals surface area contributed by atoms with Crippen LogP contribution >= 0.6 is 0 Å². The van der Waals surface area contributed by atoms with Crippen molar-refractivity contribution in [2.24, 2.45) is 11.1 Å². The number of nitrogens with zero attached hydrogens (tertiary/aromatic N) is 1. The molecule has 2 aromatic carbocycles. The van der Waals surface area contributed by atoms with E-state index < -0.39 is 11.3 Å². The normalized spacial score (nSPS) is 12.4. The highest BCUT2D eigenvalue weighted by atomic mass is 16.5. The van der Waals surface area contributed by atoms with Gasteiger partial charge in [0.1, 0.15) is 6.61 Å². The molecule has 1 unspecified atom stereocenters. The summed E-state index contributed by atoms with van der Waals surface area (Å²) in [5.74, 6) is -0.969. The zero-order valence-electron chi connectivity index (χ0n) is 18.4. The first-order valence-corrected chi connectivity index (χ1v) is 10.3. The maximum Gasteiger partial charge on any atom is 0.311 e. The Morgan fingerprint density at radius 1 is 1.10 bits per heavy atom. The molecule has 1 heterocycles. The van der Waals surface area contributed by atoms with Gasteiger partial charge < -0.3 is 15.8 Å². The average molecular weight is 420 g/mol. The van der Waals surface area contributed by atoms with E-state index in [0.29, 0.717) is 5.69 Å². The van der Waals surface area contributed by atoms with Crippen LogP contribution in [0, 0.1) is 12.3 Å². The summed E-state index contributed by atoms with van der Waals surface area (Å²) in [7, 11) is 0. The molecule has 0 saturated carbocycles. The van der Waals surface area contributed by atoms with Crippen LogP contribution in [0.2, 0.25) is 0 Å². The molecule has 6 nitrogen and oxygen atoms in total. The lowest BCUT2D eigenvalue weighted by atomic mass is 9.92. The van der Waals surface area contributed by atoms with Crippen LogP contribution in [0.25, 0.3) is 10.8 Å². The number of amides is 1. The molecule has 0 aliphatic carbocycles. The van der Waals surface area contributed by atoms with E-state index in [4.69, 9.17) is 10.5 Å². The Balaban J connectivity index is 1.78. The minimum atomic E-state index is -0.566. The number of nitrogens with one attached hydrogen (secondary N) is 1. The molecule has 0 bridgehead atoms. The van der Waals surface area contributed by atoms with Gasteiger partial charge in [-0.15, -0.1) is 0 Å². The van der Waals surface area contributed by atoms with Crippen molar-refractivity contribution >= 4 is 28.3 Å². The molecular formula is C25H29N3O3. The van der Waals surface area contributed by atoms with Crippen molar-refractivity contribution < 1.29 is 14.3 Å². The van der Waals surface area contributed by atoms with Crippen molar-refractivity contribution in [3.05, 3.63) is 71.5 Å². The largest absolute Gasteiger partial charge is 0.460 e. The minimum Gasteiger partial charge on any atom is -0.460 e. The highest BCUT2D eigenvalue weighted by molar-refractivity contribution is 5.98. The lowest BCUT2D eigenvalue weighted by Crippen LogP contribution is -2.28. The average Bonchev–Trinajstić information content (AvgIpc) is 2.73. The fraction of sp³-hybridized carbons (Fsp3) is 0.320. The first kappa shape index (κ1) is 22.4. The summed E-state index contributed by atoms with van der Waals surface area (Å²) in [6, 6.07) is 13.3. The van der Waals surface area contributed by atoms with Gasteiger partial charge in [-0.3, -0.25) is 14.6 Å². The monoisotopic (exact) mass is 419 g/mol. The Morgan fingerprint density at radius 2 is 1.87 bits per heavy atom. The van der Waals surface area contributed by atoms with Gasteiger partial charge in [-0.25, -0.2) is 0 Å². The predicted molar refractivity (Wildman–Crippen MR) is 123 cm³/mol. The molecule has 0 fully saturated rings. The third kappa shape index (κ3) is 5.47. The first-order chi connectivity index (χ1) is 14.7. The number of rotatable bonds is 6. The molecule has 0 saturated heterocycles. The van der Waals surface area contributed by atoms with Crippen molar-refractivity contribution in [2.75, 3.05) is 11.9 Å².